The van der Waals surface area contributed by atoms with Crippen LogP contribution in [0, 0.1) is 11.8 Å². The van der Waals surface area contributed by atoms with E-state index >= 15 is 0 Å². The highest BCUT2D eigenvalue weighted by Gasteiger charge is 2.44. The third-order valence-corrected chi connectivity index (χ3v) is 14.6. The number of carbonyl (C=O) groups excluding carboxylic acids is 2. The van der Waals surface area contributed by atoms with Crippen LogP contribution in [0.4, 0.5) is 5.69 Å². The number of amides is 1. The Morgan fingerprint density at radius 2 is 1.96 bits per heavy atom. The lowest BCUT2D eigenvalue weighted by molar-refractivity contribution is -0.116. The van der Waals surface area contributed by atoms with E-state index < -0.39 is 15.6 Å². The molecule has 1 spiro atoms. The van der Waals surface area contributed by atoms with Crippen molar-refractivity contribution in [3.05, 3.63) is 70.3 Å². The molecule has 2 aromatic rings. The number of Topliss-reactive ketones (excluding diaryl/α,β-unsaturated/α-hetero) is 1. The number of ketones is 1. The first-order valence-electron chi connectivity index (χ1n) is 19.4. The van der Waals surface area contributed by atoms with Gasteiger partial charge in [0.15, 0.2) is 0 Å². The van der Waals surface area contributed by atoms with E-state index in [1.165, 1.54) is 11.1 Å². The summed E-state index contributed by atoms with van der Waals surface area (Å²) in [4.78, 5) is 33.7. The molecule has 1 saturated carbocycles. The minimum Gasteiger partial charge on any atom is -0.490 e. The van der Waals surface area contributed by atoms with E-state index in [9.17, 15) is 13.8 Å². The molecule has 0 aromatic heterocycles. The van der Waals surface area contributed by atoms with Crippen LogP contribution in [-0.4, -0.2) is 109 Å². The maximum absolute atomic E-state index is 14.2. The Labute approximate surface area is 315 Å². The Balaban J connectivity index is 1.23. The molecule has 3 heterocycles. The molecule has 282 valence electrons. The second-order valence-electron chi connectivity index (χ2n) is 15.7. The Kier molecular flexibility index (Phi) is 11.8. The van der Waals surface area contributed by atoms with Crippen LogP contribution in [0.15, 0.2) is 52.9 Å². The number of benzene rings is 2. The van der Waals surface area contributed by atoms with Gasteiger partial charge in [-0.2, -0.15) is 4.36 Å². The first kappa shape index (κ1) is 37.6. The first-order chi connectivity index (χ1) is 25.1. The number of piperazine rings is 1. The van der Waals surface area contributed by atoms with E-state index in [1.807, 2.05) is 18.2 Å². The van der Waals surface area contributed by atoms with Gasteiger partial charge in [0.25, 0.3) is 5.91 Å². The lowest BCUT2D eigenvalue weighted by Gasteiger charge is -2.46. The summed E-state index contributed by atoms with van der Waals surface area (Å²) in [5.41, 5.74) is 3.59. The summed E-state index contributed by atoms with van der Waals surface area (Å²) in [5, 5.41) is 0.756. The molecule has 7 rings (SSSR count). The van der Waals surface area contributed by atoms with Crippen molar-refractivity contribution in [1.29, 1.82) is 0 Å². The molecule has 2 aromatic carbocycles. The van der Waals surface area contributed by atoms with E-state index in [0.717, 1.165) is 94.4 Å². The van der Waals surface area contributed by atoms with E-state index in [4.69, 9.17) is 21.1 Å². The largest absolute Gasteiger partial charge is 0.490 e. The molecule has 0 N–H and O–H groups in total. The molecule has 3 aliphatic heterocycles. The molecule has 52 heavy (non-hydrogen) atoms. The number of hydrogen-bond donors (Lipinski definition) is 0. The van der Waals surface area contributed by atoms with E-state index in [1.54, 1.807) is 13.0 Å². The van der Waals surface area contributed by atoms with Gasteiger partial charge in [0, 0.05) is 74.0 Å². The number of nitrogens with zero attached hydrogens (tertiary/aromatic N) is 4. The van der Waals surface area contributed by atoms with Crippen molar-refractivity contribution in [2.24, 2.45) is 16.2 Å². The zero-order chi connectivity index (χ0) is 36.3. The van der Waals surface area contributed by atoms with Crippen molar-refractivity contribution < 1.29 is 23.3 Å². The summed E-state index contributed by atoms with van der Waals surface area (Å²) in [7, 11) is -0.903. The third kappa shape index (κ3) is 8.46. The molecule has 2 fully saturated rings. The van der Waals surface area contributed by atoms with Gasteiger partial charge < -0.3 is 19.3 Å². The predicted molar refractivity (Wildman–Crippen MR) is 208 cm³/mol. The molecule has 1 saturated heterocycles. The lowest BCUT2D eigenvalue weighted by atomic mass is 9.68. The maximum Gasteiger partial charge on any atom is 0.285 e. The van der Waals surface area contributed by atoms with E-state index in [0.29, 0.717) is 43.5 Å². The fourth-order valence-corrected chi connectivity index (χ4v) is 11.1. The van der Waals surface area contributed by atoms with Crippen LogP contribution < -0.4 is 9.64 Å². The van der Waals surface area contributed by atoms with Crippen molar-refractivity contribution in [2.75, 3.05) is 82.5 Å². The van der Waals surface area contributed by atoms with Gasteiger partial charge in [-0.15, -0.1) is 0 Å². The third-order valence-electron chi connectivity index (χ3n) is 12.1. The highest BCUT2D eigenvalue weighted by Crippen LogP contribution is 2.47. The highest BCUT2D eigenvalue weighted by molar-refractivity contribution is 7.94. The molecule has 0 unspecified atom stereocenters. The molecule has 0 radical (unpaired) electrons. The van der Waals surface area contributed by atoms with Gasteiger partial charge in [-0.25, -0.2) is 4.21 Å². The lowest BCUT2D eigenvalue weighted by Crippen LogP contribution is -2.50. The van der Waals surface area contributed by atoms with Gasteiger partial charge >= 0.3 is 0 Å². The standard InChI is InChI=1S/C41H55ClN4O5S/c1-3-34(47)27-52(49)23-6-4-5-9-38(50-22-21-45-19-17-44(2)18-20-45)35-13-10-32(35)26-46-28-41(16-7-8-30-24-33(42)12-14-36(30)41)29-51-39-15-11-31(25-37(39)46)40(48)43-52/h5,9,11-12,14-15,24-25,32,35,38H,3-4,6-8,10,13,16-23,26-29H2,1-2H3/b9-5+/t32-,35+,38-,41-,52+/m0/s1. The Morgan fingerprint density at radius 1 is 1.12 bits per heavy atom. The molecule has 5 atom stereocenters. The fourth-order valence-electron chi connectivity index (χ4n) is 8.86. The predicted octanol–water partition coefficient (Wildman–Crippen LogP) is 6.41. The van der Waals surface area contributed by atoms with E-state index in [2.05, 4.69) is 50.4 Å². The number of likely N-dealkylation sites (N-methyl/N-ethyl adjacent to an activating group) is 1. The highest BCUT2D eigenvalue weighted by atomic mass is 35.5. The van der Waals surface area contributed by atoms with Gasteiger partial charge in [-0.3, -0.25) is 14.5 Å². The topological polar surface area (TPSA) is 91.8 Å². The fraction of sp³-hybridized carbons (Fsp3) is 0.610. The van der Waals surface area contributed by atoms with Crippen LogP contribution in [0.1, 0.15) is 73.4 Å². The number of aryl methyl sites for hydroxylation is 1. The molecule has 11 heteroatoms. The molecule has 5 aliphatic rings. The molecule has 9 nitrogen and oxygen atoms in total. The van der Waals surface area contributed by atoms with Crippen LogP contribution in [0.2, 0.25) is 5.02 Å². The van der Waals surface area contributed by atoms with Crippen LogP contribution in [0.25, 0.3) is 0 Å². The summed E-state index contributed by atoms with van der Waals surface area (Å²) in [6.07, 6.45) is 11.1. The molecular formula is C41H55ClN4O5S. The average molecular weight is 751 g/mol. The summed E-state index contributed by atoms with van der Waals surface area (Å²) in [5.74, 6) is 0.834. The quantitative estimate of drug-likeness (QED) is 0.300. The summed E-state index contributed by atoms with van der Waals surface area (Å²) >= 11 is 6.49. The van der Waals surface area contributed by atoms with Gasteiger partial charge in [-0.05, 0) is 105 Å². The second-order valence-corrected chi connectivity index (χ2v) is 18.6. The number of anilines is 1. The van der Waals surface area contributed by atoms with Crippen molar-refractivity contribution in [1.82, 2.24) is 9.80 Å². The Hall–Kier alpha value is -2.76. The number of fused-ring (bicyclic) bond motifs is 4. The van der Waals surface area contributed by atoms with Gasteiger partial charge in [0.05, 0.1) is 40.5 Å². The summed E-state index contributed by atoms with van der Waals surface area (Å²) < 4.78 is 31.9. The number of hydrogen-bond acceptors (Lipinski definition) is 8. The average Bonchev–Trinajstić information content (AvgIpc) is 3.26. The monoisotopic (exact) mass is 750 g/mol. The van der Waals surface area contributed by atoms with Crippen molar-refractivity contribution in [2.45, 2.75) is 69.8 Å². The van der Waals surface area contributed by atoms with Gasteiger partial charge in [-0.1, -0.05) is 36.7 Å². The number of rotatable bonds is 7. The maximum atomic E-state index is 14.2. The van der Waals surface area contributed by atoms with Gasteiger partial charge in [0.1, 0.15) is 11.5 Å². The minimum absolute atomic E-state index is 0.0167. The van der Waals surface area contributed by atoms with Crippen LogP contribution in [0.5, 0.6) is 5.75 Å². The molecule has 1 amide bonds. The Bertz CT molecular complexity index is 1780. The Morgan fingerprint density at radius 3 is 2.75 bits per heavy atom. The van der Waals surface area contributed by atoms with E-state index in [-0.39, 0.29) is 35.2 Å². The van der Waals surface area contributed by atoms with Crippen molar-refractivity contribution in [3.8, 4) is 5.75 Å². The SMILES string of the molecule is CCC(=O)C[S@@]1(=O)=NC(=O)c2ccc3c(c2)N(C[C@@H]2CC[C@H]2[C@@H](OCCN2CCN(C)CC2)/C=C/CCC1)C[C@@]1(CCCc2cc(Cl)ccc21)CO3. The normalized spacial score (nSPS) is 30.6. The zero-order valence-corrected chi connectivity index (χ0v) is 32.5. The van der Waals surface area contributed by atoms with Crippen molar-refractivity contribution >= 4 is 38.7 Å². The number of allylic oxidation sites excluding steroid dienone is 1. The summed E-state index contributed by atoms with van der Waals surface area (Å²) in [6, 6.07) is 11.8. The smallest absolute Gasteiger partial charge is 0.285 e. The minimum atomic E-state index is -3.08. The zero-order valence-electron chi connectivity index (χ0n) is 30.9. The molecule has 2 aliphatic carbocycles. The second kappa shape index (κ2) is 16.3. The van der Waals surface area contributed by atoms with Crippen molar-refractivity contribution in [3.63, 3.8) is 0 Å². The van der Waals surface area contributed by atoms with Crippen LogP contribution in [-0.2, 0) is 31.1 Å². The van der Waals surface area contributed by atoms with Crippen LogP contribution in [0.3, 0.4) is 0 Å². The molecule has 2 bridgehead atoms. The first-order valence-corrected chi connectivity index (χ1v) is 21.7. The van der Waals surface area contributed by atoms with Crippen LogP contribution >= 0.6 is 11.6 Å². The van der Waals surface area contributed by atoms with Gasteiger partial charge in [0.2, 0.25) is 0 Å². The number of halogens is 1. The molecular weight excluding hydrogens is 696 g/mol. The summed E-state index contributed by atoms with van der Waals surface area (Å²) in [6.45, 7) is 9.76. The number of ether oxygens (including phenoxy) is 2. The number of carbonyl (C=O) groups is 2.